The minimum atomic E-state index is -5.69. The summed E-state index contributed by atoms with van der Waals surface area (Å²) in [5.74, 6) is -4.44. The highest BCUT2D eigenvalue weighted by Gasteiger charge is 2.61. The molecule has 8 heteroatoms. The van der Waals surface area contributed by atoms with Gasteiger partial charge in [-0.15, -0.1) is 12.4 Å². The molecule has 0 aliphatic heterocycles. The molecule has 0 saturated heterocycles. The Morgan fingerprint density at radius 2 is 1.50 bits per heavy atom. The van der Waals surface area contributed by atoms with Crippen LogP contribution in [0.3, 0.4) is 0 Å². The van der Waals surface area contributed by atoms with E-state index >= 15 is 0 Å². The van der Waals surface area contributed by atoms with E-state index in [9.17, 15) is 22.0 Å². The van der Waals surface area contributed by atoms with Crippen LogP contribution in [0, 0.1) is 0 Å². The van der Waals surface area contributed by atoms with Gasteiger partial charge >= 0.3 is 12.1 Å². The molecule has 2 aromatic rings. The van der Waals surface area contributed by atoms with E-state index in [4.69, 9.17) is 10.5 Å². The number of methoxy groups -OCH3 is 1. The van der Waals surface area contributed by atoms with Crippen LogP contribution in [0.1, 0.15) is 11.6 Å². The SMILES string of the molecule is COc1ccc2cc([C@H](N)C(F)(F)C(F)(F)F)ccc2c1.Cl. The van der Waals surface area contributed by atoms with Crippen LogP contribution in [0.5, 0.6) is 5.75 Å². The molecule has 2 aromatic carbocycles. The van der Waals surface area contributed by atoms with Crippen LogP contribution in [0.4, 0.5) is 22.0 Å². The Labute approximate surface area is 129 Å². The fourth-order valence-electron chi connectivity index (χ4n) is 1.95. The maximum atomic E-state index is 13.3. The first-order valence-corrected chi connectivity index (χ1v) is 5.94. The van der Waals surface area contributed by atoms with Gasteiger partial charge in [0.1, 0.15) is 11.8 Å². The molecule has 0 aromatic heterocycles. The minimum Gasteiger partial charge on any atom is -0.497 e. The molecule has 122 valence electrons. The van der Waals surface area contributed by atoms with Crippen LogP contribution in [0.2, 0.25) is 0 Å². The van der Waals surface area contributed by atoms with Crippen molar-refractivity contribution < 1.29 is 26.7 Å². The van der Waals surface area contributed by atoms with E-state index in [1.54, 1.807) is 18.2 Å². The second-order valence-corrected chi connectivity index (χ2v) is 4.57. The van der Waals surface area contributed by atoms with E-state index in [2.05, 4.69) is 0 Å². The van der Waals surface area contributed by atoms with E-state index in [-0.39, 0.29) is 18.0 Å². The normalized spacial score (nSPS) is 13.6. The number of nitrogens with two attached hydrogens (primary N) is 1. The van der Waals surface area contributed by atoms with Crippen molar-refractivity contribution in [2.24, 2.45) is 5.73 Å². The topological polar surface area (TPSA) is 35.2 Å². The number of benzene rings is 2. The average Bonchev–Trinajstić information content (AvgIpc) is 2.44. The smallest absolute Gasteiger partial charge is 0.455 e. The molecule has 22 heavy (non-hydrogen) atoms. The van der Waals surface area contributed by atoms with Crippen molar-refractivity contribution in [1.29, 1.82) is 0 Å². The van der Waals surface area contributed by atoms with Crippen molar-refractivity contribution in [3.05, 3.63) is 42.0 Å². The molecule has 0 aliphatic rings. The Morgan fingerprint density at radius 1 is 0.955 bits per heavy atom. The van der Waals surface area contributed by atoms with E-state index in [0.29, 0.717) is 16.5 Å². The highest BCUT2D eigenvalue weighted by Crippen LogP contribution is 2.43. The Balaban J connectivity index is 0.00000242. The summed E-state index contributed by atoms with van der Waals surface area (Å²) in [4.78, 5) is 0. The highest BCUT2D eigenvalue weighted by molar-refractivity contribution is 5.85. The van der Waals surface area contributed by atoms with Crippen molar-refractivity contribution >= 4 is 23.2 Å². The fraction of sp³-hybridized carbons (Fsp3) is 0.286. The van der Waals surface area contributed by atoms with Crippen LogP contribution in [0.25, 0.3) is 10.8 Å². The van der Waals surface area contributed by atoms with Gasteiger partial charge in [-0.3, -0.25) is 0 Å². The lowest BCUT2D eigenvalue weighted by Gasteiger charge is -2.26. The maximum absolute atomic E-state index is 13.3. The van der Waals surface area contributed by atoms with Gasteiger partial charge in [-0.1, -0.05) is 18.2 Å². The molecule has 2 rings (SSSR count). The Morgan fingerprint density at radius 3 is 2.05 bits per heavy atom. The monoisotopic (exact) mass is 341 g/mol. The fourth-order valence-corrected chi connectivity index (χ4v) is 1.95. The first-order valence-electron chi connectivity index (χ1n) is 5.94. The summed E-state index contributed by atoms with van der Waals surface area (Å²) in [5.41, 5.74) is 4.83. The van der Waals surface area contributed by atoms with E-state index in [1.807, 2.05) is 0 Å². The van der Waals surface area contributed by atoms with Gasteiger partial charge in [0.25, 0.3) is 0 Å². The minimum absolute atomic E-state index is 0. The van der Waals surface area contributed by atoms with Crippen molar-refractivity contribution in [1.82, 2.24) is 0 Å². The first kappa shape index (κ1) is 18.4. The average molecular weight is 342 g/mol. The lowest BCUT2D eigenvalue weighted by atomic mass is 9.98. The van der Waals surface area contributed by atoms with E-state index in [1.165, 1.54) is 19.2 Å². The third-order valence-electron chi connectivity index (χ3n) is 3.20. The van der Waals surface area contributed by atoms with Gasteiger partial charge in [0.15, 0.2) is 0 Å². The number of ether oxygens (including phenoxy) is 1. The molecule has 0 aliphatic carbocycles. The molecule has 2 N–H and O–H groups in total. The third kappa shape index (κ3) is 3.25. The molecule has 1 atom stereocenters. The Bertz CT molecular complexity index is 659. The van der Waals surface area contributed by atoms with Gasteiger partial charge in [0.2, 0.25) is 0 Å². The van der Waals surface area contributed by atoms with Gasteiger partial charge in [0, 0.05) is 0 Å². The Kier molecular flexibility index (Phi) is 5.25. The number of halogens is 6. The number of hydrogen-bond donors (Lipinski definition) is 1. The van der Waals surface area contributed by atoms with Gasteiger partial charge in [-0.05, 0) is 34.5 Å². The highest BCUT2D eigenvalue weighted by atomic mass is 35.5. The third-order valence-corrected chi connectivity index (χ3v) is 3.20. The quantitative estimate of drug-likeness (QED) is 0.836. The molecule has 0 amide bonds. The van der Waals surface area contributed by atoms with Gasteiger partial charge in [0.05, 0.1) is 7.11 Å². The van der Waals surface area contributed by atoms with Gasteiger partial charge in [-0.25, -0.2) is 0 Å². The molecular weight excluding hydrogens is 329 g/mol. The van der Waals surface area contributed by atoms with Crippen LogP contribution < -0.4 is 10.5 Å². The predicted octanol–water partition coefficient (Wildman–Crippen LogP) is 4.47. The molecule has 0 unspecified atom stereocenters. The molecule has 0 radical (unpaired) electrons. The predicted molar refractivity (Wildman–Crippen MR) is 75.7 cm³/mol. The lowest BCUT2D eigenvalue weighted by Crippen LogP contribution is -2.45. The number of fused-ring (bicyclic) bond motifs is 1. The second-order valence-electron chi connectivity index (χ2n) is 4.57. The van der Waals surface area contributed by atoms with Crippen molar-refractivity contribution in [3.8, 4) is 5.75 Å². The van der Waals surface area contributed by atoms with Crippen molar-refractivity contribution in [2.45, 2.75) is 18.1 Å². The van der Waals surface area contributed by atoms with E-state index < -0.39 is 18.1 Å². The van der Waals surface area contributed by atoms with Crippen molar-refractivity contribution in [2.75, 3.05) is 7.11 Å². The largest absolute Gasteiger partial charge is 0.497 e. The van der Waals surface area contributed by atoms with Gasteiger partial charge in [-0.2, -0.15) is 22.0 Å². The summed E-state index contributed by atoms with van der Waals surface area (Å²) >= 11 is 0. The van der Waals surface area contributed by atoms with Crippen LogP contribution in [0.15, 0.2) is 36.4 Å². The summed E-state index contributed by atoms with van der Waals surface area (Å²) in [6.07, 6.45) is -5.69. The number of rotatable bonds is 3. The molecule has 2 nitrogen and oxygen atoms in total. The van der Waals surface area contributed by atoms with Gasteiger partial charge < -0.3 is 10.5 Å². The zero-order valence-electron chi connectivity index (χ0n) is 11.3. The zero-order chi connectivity index (χ0) is 15.8. The summed E-state index contributed by atoms with van der Waals surface area (Å²) in [6, 6.07) is 6.15. The standard InChI is InChI=1S/C14H12F5NO.ClH/c1-21-11-5-4-8-6-10(3-2-9(8)7-11)12(20)13(15,16)14(17,18)19;/h2-7,12H,20H2,1H3;1H/t12-;/m0./s1. The summed E-state index contributed by atoms with van der Waals surface area (Å²) in [7, 11) is 1.47. The summed E-state index contributed by atoms with van der Waals surface area (Å²) in [5, 5.41) is 1.15. The first-order chi connectivity index (χ1) is 9.66. The number of hydrogen-bond acceptors (Lipinski definition) is 2. The maximum Gasteiger partial charge on any atom is 0.455 e. The molecular formula is C14H13ClF5NO. The molecule has 0 fully saturated rings. The molecule has 0 bridgehead atoms. The zero-order valence-corrected chi connectivity index (χ0v) is 12.1. The van der Waals surface area contributed by atoms with Crippen molar-refractivity contribution in [3.63, 3.8) is 0 Å². The Hall–Kier alpha value is -1.60. The van der Waals surface area contributed by atoms with E-state index in [0.717, 1.165) is 6.07 Å². The van der Waals surface area contributed by atoms with Crippen LogP contribution in [-0.4, -0.2) is 19.2 Å². The summed E-state index contributed by atoms with van der Waals surface area (Å²) in [6.45, 7) is 0. The summed E-state index contributed by atoms with van der Waals surface area (Å²) < 4.78 is 68.5. The molecule has 0 heterocycles. The lowest BCUT2D eigenvalue weighted by molar-refractivity contribution is -0.290. The second kappa shape index (κ2) is 6.26. The number of alkyl halides is 5. The van der Waals surface area contributed by atoms with Crippen LogP contribution >= 0.6 is 12.4 Å². The molecule has 0 spiro atoms. The van der Waals surface area contributed by atoms with Crippen LogP contribution in [-0.2, 0) is 0 Å². The molecule has 0 saturated carbocycles.